The van der Waals surface area contributed by atoms with Crippen molar-refractivity contribution >= 4 is 43.0 Å². The second-order valence-electron chi connectivity index (χ2n) is 7.05. The second kappa shape index (κ2) is 6.50. The lowest BCUT2D eigenvalue weighted by Crippen LogP contribution is -2.14. The summed E-state index contributed by atoms with van der Waals surface area (Å²) in [7, 11) is -3.24. The number of nitrogens with one attached hydrogen (secondary N) is 1. The SMILES string of the molecule is CS(=O)(=O)c1ccc(CC(=O)Nc2nc3c(s2)-c2cccc4cccc-3c24)cc1. The fourth-order valence-electron chi connectivity index (χ4n) is 3.67. The van der Waals surface area contributed by atoms with Crippen LogP contribution in [-0.2, 0) is 21.1 Å². The normalized spacial score (nSPS) is 12.2. The Morgan fingerprint density at radius 2 is 1.69 bits per heavy atom. The number of carbonyl (C=O) groups is 1. The summed E-state index contributed by atoms with van der Waals surface area (Å²) in [5.74, 6) is -0.184. The molecule has 1 heterocycles. The molecule has 1 aliphatic carbocycles. The van der Waals surface area contributed by atoms with Crippen LogP contribution in [0.15, 0.2) is 65.6 Å². The van der Waals surface area contributed by atoms with Gasteiger partial charge in [0.05, 0.1) is 21.9 Å². The van der Waals surface area contributed by atoms with Crippen LogP contribution < -0.4 is 5.32 Å². The third-order valence-electron chi connectivity index (χ3n) is 4.99. The number of thiazole rings is 1. The van der Waals surface area contributed by atoms with Crippen LogP contribution in [0.25, 0.3) is 32.5 Å². The van der Waals surface area contributed by atoms with E-state index in [0.29, 0.717) is 5.13 Å². The van der Waals surface area contributed by atoms with E-state index in [1.807, 2.05) is 12.1 Å². The molecule has 0 fully saturated rings. The van der Waals surface area contributed by atoms with E-state index in [4.69, 9.17) is 0 Å². The lowest BCUT2D eigenvalue weighted by molar-refractivity contribution is -0.115. The highest BCUT2D eigenvalue weighted by atomic mass is 32.2. The van der Waals surface area contributed by atoms with Gasteiger partial charge in [0, 0.05) is 17.4 Å². The van der Waals surface area contributed by atoms with Crippen molar-refractivity contribution in [2.75, 3.05) is 11.6 Å². The Bertz CT molecular complexity index is 1330. The molecule has 3 aromatic carbocycles. The summed E-state index contributed by atoms with van der Waals surface area (Å²) in [4.78, 5) is 18.4. The van der Waals surface area contributed by atoms with Crippen LogP contribution in [-0.4, -0.2) is 25.6 Å². The maximum atomic E-state index is 12.5. The maximum Gasteiger partial charge on any atom is 0.230 e. The molecular formula is C22H16N2O3S2. The molecule has 0 saturated carbocycles. The number of rotatable bonds is 4. The predicted molar refractivity (Wildman–Crippen MR) is 116 cm³/mol. The van der Waals surface area contributed by atoms with Crippen LogP contribution in [0.2, 0.25) is 0 Å². The Morgan fingerprint density at radius 3 is 2.38 bits per heavy atom. The Balaban J connectivity index is 1.37. The van der Waals surface area contributed by atoms with Crippen LogP contribution in [0.5, 0.6) is 0 Å². The van der Waals surface area contributed by atoms with Crippen molar-refractivity contribution < 1.29 is 13.2 Å². The third-order valence-corrected chi connectivity index (χ3v) is 7.13. The highest BCUT2D eigenvalue weighted by molar-refractivity contribution is 7.90. The van der Waals surface area contributed by atoms with E-state index >= 15 is 0 Å². The van der Waals surface area contributed by atoms with Crippen LogP contribution in [0.4, 0.5) is 5.13 Å². The number of nitrogens with zero attached hydrogens (tertiary/aromatic N) is 1. The van der Waals surface area contributed by atoms with Crippen LogP contribution in [0, 0.1) is 0 Å². The summed E-state index contributed by atoms with van der Waals surface area (Å²) < 4.78 is 23.1. The molecule has 1 aromatic heterocycles. The number of anilines is 1. The zero-order chi connectivity index (χ0) is 20.2. The quantitative estimate of drug-likeness (QED) is 0.463. The van der Waals surface area contributed by atoms with Gasteiger partial charge in [0.25, 0.3) is 0 Å². The standard InChI is InChI=1S/C22H16N2O3S2/c1-29(26,27)15-10-8-13(9-11-15)12-18(25)23-22-24-20-16-6-2-4-14-5-3-7-17(19(14)16)21(20)28-22/h2-11H,12H2,1H3,(H,23,24,25). The van der Waals surface area contributed by atoms with E-state index in [1.54, 1.807) is 12.1 Å². The van der Waals surface area contributed by atoms with Crippen LogP contribution in [0.1, 0.15) is 5.56 Å². The molecular weight excluding hydrogens is 404 g/mol. The van der Waals surface area contributed by atoms with Gasteiger partial charge in [-0.1, -0.05) is 59.9 Å². The summed E-state index contributed by atoms with van der Waals surface area (Å²) in [5, 5.41) is 5.85. The molecule has 0 bridgehead atoms. The molecule has 0 aliphatic heterocycles. The number of sulfone groups is 1. The monoisotopic (exact) mass is 420 g/mol. The number of fused-ring (bicyclic) bond motifs is 3. The van der Waals surface area contributed by atoms with Gasteiger partial charge < -0.3 is 5.32 Å². The number of hydrogen-bond donors (Lipinski definition) is 1. The molecule has 0 spiro atoms. The minimum absolute atomic E-state index is 0.153. The molecule has 0 unspecified atom stereocenters. The van der Waals surface area contributed by atoms with Gasteiger partial charge in [0.15, 0.2) is 15.0 Å². The van der Waals surface area contributed by atoms with E-state index in [-0.39, 0.29) is 17.2 Å². The Labute approximate surface area is 172 Å². The van der Waals surface area contributed by atoms with Crippen molar-refractivity contribution in [1.82, 2.24) is 4.98 Å². The summed E-state index contributed by atoms with van der Waals surface area (Å²) in [6, 6.07) is 18.8. The smallest absolute Gasteiger partial charge is 0.230 e. The molecule has 0 atom stereocenters. The van der Waals surface area contributed by atoms with Crippen molar-refractivity contribution in [1.29, 1.82) is 0 Å². The Hall–Kier alpha value is -3.03. The summed E-state index contributed by atoms with van der Waals surface area (Å²) in [5.41, 5.74) is 3.91. The third kappa shape index (κ3) is 3.12. The lowest BCUT2D eigenvalue weighted by atomic mass is 10.0. The number of benzene rings is 3. The first-order valence-electron chi connectivity index (χ1n) is 9.02. The van der Waals surface area contributed by atoms with E-state index in [2.05, 4.69) is 34.6 Å². The van der Waals surface area contributed by atoms with Crippen LogP contribution in [0.3, 0.4) is 0 Å². The van der Waals surface area contributed by atoms with Gasteiger partial charge >= 0.3 is 0 Å². The number of aromatic nitrogens is 1. The van der Waals surface area contributed by atoms with Gasteiger partial charge in [0.1, 0.15) is 0 Å². The molecule has 1 amide bonds. The molecule has 5 nitrogen and oxygen atoms in total. The van der Waals surface area contributed by atoms with E-state index in [0.717, 1.165) is 33.5 Å². The van der Waals surface area contributed by atoms with Gasteiger partial charge in [0.2, 0.25) is 5.91 Å². The molecule has 5 rings (SSSR count). The Morgan fingerprint density at radius 1 is 1.00 bits per heavy atom. The van der Waals surface area contributed by atoms with Gasteiger partial charge in [-0.2, -0.15) is 0 Å². The summed E-state index contributed by atoms with van der Waals surface area (Å²) in [6.07, 6.45) is 1.31. The van der Waals surface area contributed by atoms with E-state index in [1.165, 1.54) is 34.2 Å². The largest absolute Gasteiger partial charge is 0.302 e. The van der Waals surface area contributed by atoms with Crippen molar-refractivity contribution in [3.63, 3.8) is 0 Å². The zero-order valence-corrected chi connectivity index (χ0v) is 17.1. The average molecular weight is 421 g/mol. The van der Waals surface area contributed by atoms with Gasteiger partial charge in [-0.3, -0.25) is 4.79 Å². The summed E-state index contributed by atoms with van der Waals surface area (Å²) in [6.45, 7) is 0. The fraction of sp³-hybridized carbons (Fsp3) is 0.0909. The Kier molecular flexibility index (Phi) is 4.04. The average Bonchev–Trinajstić information content (AvgIpc) is 3.21. The number of amides is 1. The molecule has 0 radical (unpaired) electrons. The van der Waals surface area contributed by atoms with Crippen molar-refractivity contribution in [3.8, 4) is 21.7 Å². The number of carbonyl (C=O) groups excluding carboxylic acids is 1. The van der Waals surface area contributed by atoms with Gasteiger partial charge in [-0.25, -0.2) is 13.4 Å². The minimum atomic E-state index is -3.24. The molecule has 1 N–H and O–H groups in total. The van der Waals surface area contributed by atoms with Gasteiger partial charge in [-0.05, 0) is 28.5 Å². The topological polar surface area (TPSA) is 76.1 Å². The highest BCUT2D eigenvalue weighted by Gasteiger charge is 2.25. The predicted octanol–water partition coefficient (Wildman–Crippen LogP) is 4.53. The maximum absolute atomic E-state index is 12.5. The highest BCUT2D eigenvalue weighted by Crippen LogP contribution is 2.50. The van der Waals surface area contributed by atoms with Gasteiger partial charge in [-0.15, -0.1) is 0 Å². The molecule has 29 heavy (non-hydrogen) atoms. The molecule has 0 saturated heterocycles. The van der Waals surface area contributed by atoms with Crippen LogP contribution >= 0.6 is 11.3 Å². The fourth-order valence-corrected chi connectivity index (χ4v) is 5.33. The van der Waals surface area contributed by atoms with Crippen molar-refractivity contribution in [3.05, 3.63) is 66.2 Å². The van der Waals surface area contributed by atoms with Crippen molar-refractivity contribution in [2.24, 2.45) is 0 Å². The molecule has 144 valence electrons. The first-order valence-corrected chi connectivity index (χ1v) is 11.7. The first-order chi connectivity index (χ1) is 13.9. The minimum Gasteiger partial charge on any atom is -0.302 e. The molecule has 7 heteroatoms. The van der Waals surface area contributed by atoms with Crippen molar-refractivity contribution in [2.45, 2.75) is 11.3 Å². The number of hydrogen-bond acceptors (Lipinski definition) is 5. The van der Waals surface area contributed by atoms with E-state index in [9.17, 15) is 13.2 Å². The second-order valence-corrected chi connectivity index (χ2v) is 10.1. The summed E-state index contributed by atoms with van der Waals surface area (Å²) >= 11 is 1.47. The molecule has 4 aromatic rings. The van der Waals surface area contributed by atoms with E-state index < -0.39 is 9.84 Å². The first kappa shape index (κ1) is 18.0. The molecule has 1 aliphatic rings. The zero-order valence-electron chi connectivity index (χ0n) is 15.5. The lowest BCUT2D eigenvalue weighted by Gasteiger charge is -2.04.